The van der Waals surface area contributed by atoms with Crippen LogP contribution in [0.1, 0.15) is 66.1 Å². The number of nitrogens with zero attached hydrogens (tertiary/aromatic N) is 3. The van der Waals surface area contributed by atoms with E-state index >= 15 is 0 Å². The zero-order chi connectivity index (χ0) is 28.2. The Bertz CT molecular complexity index is 1610. The number of halogens is 3. The van der Waals surface area contributed by atoms with Gasteiger partial charge in [-0.05, 0) is 62.8 Å². The number of carbonyl (C=O) groups is 1. The van der Waals surface area contributed by atoms with Crippen LogP contribution >= 0.6 is 11.3 Å². The van der Waals surface area contributed by atoms with E-state index in [0.717, 1.165) is 55.9 Å². The number of anilines is 1. The largest absolute Gasteiger partial charge is 0.478 e. The number of ether oxygens (including phenoxy) is 2. The minimum atomic E-state index is -2.96. The van der Waals surface area contributed by atoms with Crippen molar-refractivity contribution < 1.29 is 37.1 Å². The van der Waals surface area contributed by atoms with Crippen molar-refractivity contribution in [3.63, 3.8) is 0 Å². The summed E-state index contributed by atoms with van der Waals surface area (Å²) in [6, 6.07) is 9.35. The van der Waals surface area contributed by atoms with Crippen molar-refractivity contribution in [3.8, 4) is 17.0 Å². The Hall–Kier alpha value is -3.64. The lowest BCUT2D eigenvalue weighted by Crippen LogP contribution is -2.45. The van der Waals surface area contributed by atoms with Crippen LogP contribution in [0.2, 0.25) is 0 Å². The first-order valence-corrected chi connectivity index (χ1v) is 14.4. The van der Waals surface area contributed by atoms with E-state index in [0.29, 0.717) is 21.1 Å². The summed E-state index contributed by atoms with van der Waals surface area (Å²) in [4.78, 5) is 18.2. The molecule has 41 heavy (non-hydrogen) atoms. The van der Waals surface area contributed by atoms with Gasteiger partial charge in [0.05, 0.1) is 23.0 Å². The van der Waals surface area contributed by atoms with Gasteiger partial charge in [0.2, 0.25) is 0 Å². The molecule has 12 heteroatoms. The number of alkyl halides is 2. The highest BCUT2D eigenvalue weighted by atomic mass is 32.1. The molecule has 3 fully saturated rings. The first-order valence-electron chi connectivity index (χ1n) is 13.6. The minimum absolute atomic E-state index is 0.0356. The van der Waals surface area contributed by atoms with Crippen molar-refractivity contribution in [1.82, 2.24) is 10.1 Å². The Kier molecular flexibility index (Phi) is 6.61. The number of hydrogen-bond acceptors (Lipinski definition) is 8. The van der Waals surface area contributed by atoms with Crippen LogP contribution in [0.25, 0.3) is 21.5 Å². The molecule has 3 aliphatic rings. The quantitative estimate of drug-likeness (QED) is 0.225. The summed E-state index contributed by atoms with van der Waals surface area (Å²) in [6.07, 6.45) is 5.32. The van der Waals surface area contributed by atoms with Gasteiger partial charge in [-0.1, -0.05) is 28.6 Å². The van der Waals surface area contributed by atoms with E-state index in [1.807, 2.05) is 0 Å². The molecule has 1 saturated carbocycles. The topological polar surface area (TPSA) is 97.9 Å². The van der Waals surface area contributed by atoms with Gasteiger partial charge >= 0.3 is 12.6 Å². The second-order valence-corrected chi connectivity index (χ2v) is 11.8. The van der Waals surface area contributed by atoms with Crippen LogP contribution in [0.5, 0.6) is 5.75 Å². The van der Waals surface area contributed by atoms with Gasteiger partial charge in [0.1, 0.15) is 22.7 Å². The van der Waals surface area contributed by atoms with E-state index in [4.69, 9.17) is 14.0 Å². The highest BCUT2D eigenvalue weighted by Gasteiger charge is 2.43. The molecule has 3 atom stereocenters. The third kappa shape index (κ3) is 4.93. The Morgan fingerprint density at radius 2 is 1.90 bits per heavy atom. The van der Waals surface area contributed by atoms with Crippen molar-refractivity contribution >= 4 is 32.7 Å². The average Bonchev–Trinajstić information content (AvgIpc) is 3.45. The number of carboxylic acids is 1. The summed E-state index contributed by atoms with van der Waals surface area (Å²) in [5.74, 6) is -0.788. The number of benzene rings is 2. The van der Waals surface area contributed by atoms with Gasteiger partial charge in [-0.3, -0.25) is 0 Å². The zero-order valence-corrected chi connectivity index (χ0v) is 22.6. The number of hydrogen-bond donors (Lipinski definition) is 1. The van der Waals surface area contributed by atoms with Crippen LogP contribution in [-0.2, 0) is 11.3 Å². The highest BCUT2D eigenvalue weighted by molar-refractivity contribution is 7.22. The summed E-state index contributed by atoms with van der Waals surface area (Å²) in [6.45, 7) is -2.72. The predicted octanol–water partition coefficient (Wildman–Crippen LogP) is 6.98. The predicted molar refractivity (Wildman–Crippen MR) is 144 cm³/mol. The molecular weight excluding hydrogens is 559 g/mol. The Labute approximate surface area is 236 Å². The maximum atomic E-state index is 14.6. The number of carboxylic acid groups (broad SMARTS) is 1. The fourth-order valence-electron chi connectivity index (χ4n) is 6.19. The van der Waals surface area contributed by atoms with E-state index in [9.17, 15) is 23.1 Å². The van der Waals surface area contributed by atoms with Gasteiger partial charge in [0.15, 0.2) is 10.9 Å². The molecule has 1 N–H and O–H groups in total. The molecule has 1 aliphatic carbocycles. The lowest BCUT2D eigenvalue weighted by Gasteiger charge is -2.38. The summed E-state index contributed by atoms with van der Waals surface area (Å²) in [7, 11) is 0. The number of rotatable bonds is 9. The van der Waals surface area contributed by atoms with E-state index in [1.54, 1.807) is 18.2 Å². The first kappa shape index (κ1) is 26.3. The minimum Gasteiger partial charge on any atom is -0.478 e. The van der Waals surface area contributed by atoms with E-state index in [-0.39, 0.29) is 47.5 Å². The van der Waals surface area contributed by atoms with Crippen LogP contribution < -0.4 is 9.64 Å². The lowest BCUT2D eigenvalue weighted by atomic mass is 10.00. The SMILES string of the molecule is O=C(O)c1cc(F)c2nc(N3[C@@H]4CC[C@H]3CC(OCc3c(-c5ccccc5OC(F)F)noc3C3CC3)C4)sc2c1. The van der Waals surface area contributed by atoms with E-state index in [1.165, 1.54) is 23.5 Å². The van der Waals surface area contributed by atoms with Gasteiger partial charge in [-0.25, -0.2) is 14.2 Å². The smallest absolute Gasteiger partial charge is 0.387 e. The van der Waals surface area contributed by atoms with E-state index in [2.05, 4.69) is 15.0 Å². The monoisotopic (exact) mass is 585 g/mol. The summed E-state index contributed by atoms with van der Waals surface area (Å²) >= 11 is 1.31. The maximum absolute atomic E-state index is 14.6. The van der Waals surface area contributed by atoms with Gasteiger partial charge in [0.25, 0.3) is 0 Å². The van der Waals surface area contributed by atoms with Crippen molar-refractivity contribution in [2.24, 2.45) is 0 Å². The first-order chi connectivity index (χ1) is 19.9. The molecule has 214 valence electrons. The molecule has 7 rings (SSSR count). The molecule has 1 unspecified atom stereocenters. The Morgan fingerprint density at radius 3 is 2.61 bits per heavy atom. The van der Waals surface area contributed by atoms with E-state index < -0.39 is 18.4 Å². The Balaban J connectivity index is 1.10. The molecule has 2 saturated heterocycles. The second kappa shape index (κ2) is 10.3. The molecular formula is C29H26F3N3O5S. The molecule has 2 aliphatic heterocycles. The van der Waals surface area contributed by atoms with Crippen LogP contribution in [0.4, 0.5) is 18.3 Å². The van der Waals surface area contributed by atoms with Crippen molar-refractivity contribution in [2.45, 2.75) is 75.8 Å². The number of thiazole rings is 1. The third-order valence-corrected chi connectivity index (χ3v) is 9.20. The van der Waals surface area contributed by atoms with Crippen LogP contribution in [-0.4, -0.2) is 46.0 Å². The van der Waals surface area contributed by atoms with Gasteiger partial charge in [-0.15, -0.1) is 0 Å². The molecule has 0 amide bonds. The molecule has 2 aromatic carbocycles. The van der Waals surface area contributed by atoms with Crippen molar-refractivity contribution in [3.05, 3.63) is 59.1 Å². The third-order valence-electron chi connectivity index (χ3n) is 8.18. The maximum Gasteiger partial charge on any atom is 0.387 e. The number of piperidine rings is 1. The van der Waals surface area contributed by atoms with Crippen molar-refractivity contribution in [1.29, 1.82) is 0 Å². The van der Waals surface area contributed by atoms with Crippen LogP contribution in [0, 0.1) is 5.82 Å². The molecule has 2 aromatic heterocycles. The van der Waals surface area contributed by atoms with Gasteiger partial charge in [0, 0.05) is 29.1 Å². The molecule has 0 spiro atoms. The molecule has 0 radical (unpaired) electrons. The average molecular weight is 586 g/mol. The standard InChI is InChI=1S/C29H26F3N3O5S/c30-21-9-15(27(36)37)10-23-25(21)33-29(41-23)35-16-7-8-17(35)12-18(11-16)38-13-20-24(34-40-26(20)14-5-6-14)19-3-1-2-4-22(19)39-28(31)32/h1-4,9-10,14,16-18,28H,5-8,11-13H2,(H,36,37)/t16-,17+,18?. The summed E-state index contributed by atoms with van der Waals surface area (Å²) in [5.41, 5.74) is 1.76. The number of aromatic nitrogens is 2. The molecule has 4 heterocycles. The van der Waals surface area contributed by atoms with Gasteiger partial charge < -0.3 is 24.0 Å². The lowest BCUT2D eigenvalue weighted by molar-refractivity contribution is -0.0494. The number of aromatic carboxylic acids is 1. The number of fused-ring (bicyclic) bond motifs is 3. The summed E-state index contributed by atoms with van der Waals surface area (Å²) < 4.78 is 58.2. The normalized spacial score (nSPS) is 22.1. The van der Waals surface area contributed by atoms with Gasteiger partial charge in [-0.2, -0.15) is 8.78 Å². The van der Waals surface area contributed by atoms with Crippen LogP contribution in [0.3, 0.4) is 0 Å². The summed E-state index contributed by atoms with van der Waals surface area (Å²) in [5, 5.41) is 14.2. The number of para-hydroxylation sites is 1. The van der Waals surface area contributed by atoms with Crippen LogP contribution in [0.15, 0.2) is 40.9 Å². The molecule has 2 bridgehead atoms. The molecule has 8 nitrogen and oxygen atoms in total. The molecule has 4 aromatic rings. The fourth-order valence-corrected chi connectivity index (χ4v) is 7.35. The Morgan fingerprint density at radius 1 is 1.15 bits per heavy atom. The fraction of sp³-hybridized carbons (Fsp3) is 0.414. The second-order valence-electron chi connectivity index (χ2n) is 10.8. The zero-order valence-electron chi connectivity index (χ0n) is 21.8. The highest BCUT2D eigenvalue weighted by Crippen LogP contribution is 2.47. The van der Waals surface area contributed by atoms with Crippen molar-refractivity contribution in [2.75, 3.05) is 4.90 Å².